The van der Waals surface area contributed by atoms with Gasteiger partial charge in [-0.25, -0.2) is 0 Å². The lowest BCUT2D eigenvalue weighted by Gasteiger charge is -2.11. The van der Waals surface area contributed by atoms with Crippen LogP contribution in [-0.2, 0) is 6.42 Å². The second-order valence-corrected chi connectivity index (χ2v) is 5.04. The van der Waals surface area contributed by atoms with Crippen LogP contribution in [0.5, 0.6) is 0 Å². The summed E-state index contributed by atoms with van der Waals surface area (Å²) >= 11 is 0. The molecule has 0 saturated heterocycles. The summed E-state index contributed by atoms with van der Waals surface area (Å²) in [5.74, 6) is 0.682. The lowest BCUT2D eigenvalue weighted by Crippen LogP contribution is -1.94. The van der Waals surface area contributed by atoms with Gasteiger partial charge in [-0.1, -0.05) is 102 Å². The van der Waals surface area contributed by atoms with Crippen molar-refractivity contribution in [3.63, 3.8) is 0 Å². The summed E-state index contributed by atoms with van der Waals surface area (Å²) in [7, 11) is 0. The highest BCUT2D eigenvalue weighted by atomic mass is 14.1. The fraction of sp³-hybridized carbons (Fsp3) is 0.455. The van der Waals surface area contributed by atoms with Crippen molar-refractivity contribution in [2.45, 2.75) is 66.2 Å². The van der Waals surface area contributed by atoms with Gasteiger partial charge in [0.2, 0.25) is 0 Å². The van der Waals surface area contributed by atoms with Gasteiger partial charge in [-0.2, -0.15) is 0 Å². The lowest BCUT2D eigenvalue weighted by molar-refractivity contribution is 0.604. The van der Waals surface area contributed by atoms with Crippen molar-refractivity contribution < 1.29 is 0 Å². The van der Waals surface area contributed by atoms with E-state index in [4.69, 9.17) is 0 Å². The highest BCUT2D eigenvalue weighted by Gasteiger charge is 2.04. The van der Waals surface area contributed by atoms with Gasteiger partial charge in [-0.3, -0.25) is 0 Å². The van der Waals surface area contributed by atoms with Crippen LogP contribution in [0.25, 0.3) is 0 Å². The van der Waals surface area contributed by atoms with Gasteiger partial charge in [0, 0.05) is 0 Å². The fourth-order valence-corrected chi connectivity index (χ4v) is 2.37. The van der Waals surface area contributed by atoms with Gasteiger partial charge in [0.1, 0.15) is 0 Å². The molecule has 22 heavy (non-hydrogen) atoms. The van der Waals surface area contributed by atoms with Crippen LogP contribution in [0.1, 0.15) is 70.9 Å². The van der Waals surface area contributed by atoms with Crippen LogP contribution in [0.3, 0.4) is 0 Å². The molecule has 0 saturated carbocycles. The molecule has 0 unspecified atom stereocenters. The number of hydrogen-bond acceptors (Lipinski definition) is 0. The number of unbranched alkanes of at least 4 members (excludes halogenated alkanes) is 1. The lowest BCUT2D eigenvalue weighted by atomic mass is 9.94. The predicted octanol–water partition coefficient (Wildman–Crippen LogP) is 7.26. The first-order chi connectivity index (χ1) is 10.9. The first kappa shape index (κ1) is 20.4. The summed E-state index contributed by atoms with van der Waals surface area (Å²) in [6.07, 6.45) is 5.10. The zero-order valence-electron chi connectivity index (χ0n) is 15.2. The van der Waals surface area contributed by atoms with Crippen LogP contribution < -0.4 is 0 Å². The molecule has 0 fully saturated rings. The molecular weight excluding hydrogens is 264 g/mol. The molecule has 0 spiro atoms. The van der Waals surface area contributed by atoms with Crippen molar-refractivity contribution in [1.82, 2.24) is 0 Å². The normalized spacial score (nSPS) is 10.6. The fourth-order valence-electron chi connectivity index (χ4n) is 2.37. The summed E-state index contributed by atoms with van der Waals surface area (Å²) in [4.78, 5) is 0. The quantitative estimate of drug-likeness (QED) is 0.492. The molecule has 2 aromatic carbocycles. The highest BCUT2D eigenvalue weighted by molar-refractivity contribution is 5.18. The van der Waals surface area contributed by atoms with Gasteiger partial charge in [-0.05, 0) is 36.3 Å². The van der Waals surface area contributed by atoms with Crippen molar-refractivity contribution in [3.8, 4) is 0 Å². The molecule has 2 rings (SSSR count). The van der Waals surface area contributed by atoms with Crippen molar-refractivity contribution in [2.24, 2.45) is 0 Å². The SMILES string of the molecule is CC.CC.C[C@H](CCCCc1ccccc1)c1ccccc1. The van der Waals surface area contributed by atoms with E-state index in [-0.39, 0.29) is 0 Å². The monoisotopic (exact) mass is 298 g/mol. The minimum atomic E-state index is 0.682. The Morgan fingerprint density at radius 2 is 1.18 bits per heavy atom. The summed E-state index contributed by atoms with van der Waals surface area (Å²) in [6, 6.07) is 21.6. The van der Waals surface area contributed by atoms with Crippen LogP contribution in [0.15, 0.2) is 60.7 Å². The van der Waals surface area contributed by atoms with Crippen molar-refractivity contribution in [3.05, 3.63) is 71.8 Å². The number of benzene rings is 2. The summed E-state index contributed by atoms with van der Waals surface area (Å²) < 4.78 is 0. The largest absolute Gasteiger partial charge is 0.0683 e. The van der Waals surface area contributed by atoms with Gasteiger partial charge in [0.25, 0.3) is 0 Å². The highest BCUT2D eigenvalue weighted by Crippen LogP contribution is 2.21. The second-order valence-electron chi connectivity index (χ2n) is 5.04. The topological polar surface area (TPSA) is 0 Å². The summed E-state index contributed by atoms with van der Waals surface area (Å²) in [5.41, 5.74) is 2.93. The van der Waals surface area contributed by atoms with E-state index < -0.39 is 0 Å². The Kier molecular flexibility index (Phi) is 13.4. The second kappa shape index (κ2) is 14.4. The van der Waals surface area contributed by atoms with Gasteiger partial charge in [0.05, 0.1) is 0 Å². The van der Waals surface area contributed by atoms with Crippen LogP contribution in [0.4, 0.5) is 0 Å². The third-order valence-electron chi connectivity index (χ3n) is 3.56. The van der Waals surface area contributed by atoms with E-state index >= 15 is 0 Å². The molecule has 0 aliphatic rings. The van der Waals surface area contributed by atoms with Gasteiger partial charge < -0.3 is 0 Å². The molecular formula is C22H34. The Morgan fingerprint density at radius 3 is 1.73 bits per heavy atom. The molecule has 0 nitrogen and oxygen atoms in total. The van der Waals surface area contributed by atoms with E-state index in [0.29, 0.717) is 5.92 Å². The molecule has 0 heteroatoms. The third-order valence-corrected chi connectivity index (χ3v) is 3.56. The Hall–Kier alpha value is -1.56. The zero-order valence-corrected chi connectivity index (χ0v) is 15.2. The predicted molar refractivity (Wildman–Crippen MR) is 102 cm³/mol. The first-order valence-electron chi connectivity index (χ1n) is 8.95. The van der Waals surface area contributed by atoms with E-state index in [2.05, 4.69) is 67.6 Å². The van der Waals surface area contributed by atoms with Crippen LogP contribution in [0.2, 0.25) is 0 Å². The number of hydrogen-bond donors (Lipinski definition) is 0. The molecule has 122 valence electrons. The Labute approximate surface area is 138 Å². The Bertz CT molecular complexity index is 430. The molecule has 0 amide bonds. The Morgan fingerprint density at radius 1 is 0.682 bits per heavy atom. The molecule has 0 N–H and O–H groups in total. The van der Waals surface area contributed by atoms with Crippen LogP contribution >= 0.6 is 0 Å². The minimum absolute atomic E-state index is 0.682. The molecule has 0 radical (unpaired) electrons. The van der Waals surface area contributed by atoms with Crippen molar-refractivity contribution in [1.29, 1.82) is 0 Å². The standard InChI is InChI=1S/C18H22.2C2H6/c1-16(18-14-6-3-7-15-18)10-8-9-13-17-11-4-2-5-12-17;2*1-2/h2-7,11-12,14-16H,8-10,13H2,1H3;2*1-2H3/t16-;;/m1../s1. The molecule has 0 aromatic heterocycles. The molecule has 0 bridgehead atoms. The average Bonchev–Trinajstić information content (AvgIpc) is 2.63. The first-order valence-corrected chi connectivity index (χ1v) is 8.95. The maximum Gasteiger partial charge on any atom is -0.0190 e. The molecule has 0 heterocycles. The minimum Gasteiger partial charge on any atom is -0.0683 e. The van der Waals surface area contributed by atoms with E-state index in [1.54, 1.807) is 0 Å². The summed E-state index contributed by atoms with van der Waals surface area (Å²) in [5, 5.41) is 0. The van der Waals surface area contributed by atoms with E-state index in [0.717, 1.165) is 0 Å². The summed E-state index contributed by atoms with van der Waals surface area (Å²) in [6.45, 7) is 10.3. The van der Waals surface area contributed by atoms with E-state index in [1.165, 1.54) is 36.8 Å². The zero-order chi connectivity index (χ0) is 16.6. The molecule has 0 aliphatic carbocycles. The van der Waals surface area contributed by atoms with Crippen LogP contribution in [0, 0.1) is 0 Å². The molecule has 2 aromatic rings. The third kappa shape index (κ3) is 8.67. The average molecular weight is 299 g/mol. The maximum atomic E-state index is 2.33. The molecule has 1 atom stereocenters. The van der Waals surface area contributed by atoms with E-state index in [9.17, 15) is 0 Å². The van der Waals surface area contributed by atoms with Crippen molar-refractivity contribution >= 4 is 0 Å². The van der Waals surface area contributed by atoms with Gasteiger partial charge in [-0.15, -0.1) is 0 Å². The maximum absolute atomic E-state index is 2.33. The number of rotatable bonds is 6. The smallest absolute Gasteiger partial charge is 0.0190 e. The van der Waals surface area contributed by atoms with E-state index in [1.807, 2.05) is 27.7 Å². The Balaban J connectivity index is 0.00000102. The molecule has 0 aliphatic heterocycles. The number of aryl methyl sites for hydroxylation is 1. The van der Waals surface area contributed by atoms with Crippen molar-refractivity contribution in [2.75, 3.05) is 0 Å². The van der Waals surface area contributed by atoms with Gasteiger partial charge in [0.15, 0.2) is 0 Å². The van der Waals surface area contributed by atoms with Gasteiger partial charge >= 0.3 is 0 Å². The van der Waals surface area contributed by atoms with Crippen LogP contribution in [-0.4, -0.2) is 0 Å².